The summed E-state index contributed by atoms with van der Waals surface area (Å²) in [6.45, 7) is 0. The van der Waals surface area contributed by atoms with Crippen molar-refractivity contribution in [3.63, 3.8) is 0 Å². The predicted octanol–water partition coefficient (Wildman–Crippen LogP) is 6.37. The molecule has 0 radical (unpaired) electrons. The molecule has 0 aliphatic heterocycles. The Morgan fingerprint density at radius 2 is 0.700 bits per heavy atom. The third kappa shape index (κ3) is 3.18. The van der Waals surface area contributed by atoms with Crippen LogP contribution < -0.4 is 0 Å². The summed E-state index contributed by atoms with van der Waals surface area (Å²) in [7, 11) is 0. The van der Waals surface area contributed by atoms with Crippen LogP contribution in [-0.2, 0) is 3.02 Å². The fourth-order valence-corrected chi connectivity index (χ4v) is 20.5. The van der Waals surface area contributed by atoms with Crippen molar-refractivity contribution in [3.8, 4) is 0 Å². The van der Waals surface area contributed by atoms with E-state index >= 15 is 0 Å². The summed E-state index contributed by atoms with van der Waals surface area (Å²) in [4.78, 5) is 0. The molecule has 3 aliphatic carbocycles. The standard InChI is InChI=1S/3C6H11.O.Sb/c3*1-2-4-6-5-3-1;;/h3*1H,2-6H2;;. The maximum absolute atomic E-state index is 14.4. The third-order valence-corrected chi connectivity index (χ3v) is 20.6. The van der Waals surface area contributed by atoms with E-state index in [-0.39, 0.29) is 0 Å². The predicted molar refractivity (Wildman–Crippen MR) is 86.9 cm³/mol. The minimum absolute atomic E-state index is 0.716. The van der Waals surface area contributed by atoms with E-state index in [0.717, 1.165) is 0 Å². The summed E-state index contributed by atoms with van der Waals surface area (Å²) in [6.07, 6.45) is 20.5. The van der Waals surface area contributed by atoms with Crippen molar-refractivity contribution in [1.82, 2.24) is 0 Å². The summed E-state index contributed by atoms with van der Waals surface area (Å²) in [5.74, 6) is 0. The number of hydrogen-bond acceptors (Lipinski definition) is 1. The van der Waals surface area contributed by atoms with E-state index in [1.54, 1.807) is 0 Å². The second-order valence-electron chi connectivity index (χ2n) is 7.64. The number of rotatable bonds is 3. The molecule has 3 saturated carbocycles. The third-order valence-electron chi connectivity index (χ3n) is 6.44. The van der Waals surface area contributed by atoms with Crippen LogP contribution in [0.15, 0.2) is 0 Å². The van der Waals surface area contributed by atoms with Crippen LogP contribution in [0.5, 0.6) is 0 Å². The topological polar surface area (TPSA) is 17.1 Å². The molecule has 0 atom stereocenters. The van der Waals surface area contributed by atoms with Gasteiger partial charge in [-0.05, 0) is 0 Å². The van der Waals surface area contributed by atoms with E-state index in [0.29, 0.717) is 11.6 Å². The Morgan fingerprint density at radius 1 is 0.450 bits per heavy atom. The molecule has 0 aromatic carbocycles. The zero-order valence-corrected chi connectivity index (χ0v) is 15.7. The molecule has 0 amide bonds. The average molecular weight is 387 g/mol. The van der Waals surface area contributed by atoms with E-state index in [1.165, 1.54) is 96.3 Å². The van der Waals surface area contributed by atoms with Crippen LogP contribution in [0.3, 0.4) is 0 Å². The van der Waals surface area contributed by atoms with Gasteiger partial charge in [-0.25, -0.2) is 0 Å². The summed E-state index contributed by atoms with van der Waals surface area (Å²) in [5, 5.41) is 0. The molecule has 1 nitrogen and oxygen atoms in total. The van der Waals surface area contributed by atoms with Gasteiger partial charge in [0.2, 0.25) is 0 Å². The van der Waals surface area contributed by atoms with Crippen LogP contribution in [0.2, 0.25) is 11.6 Å². The van der Waals surface area contributed by atoms with Crippen LogP contribution in [0.25, 0.3) is 0 Å². The molecule has 3 aliphatic rings. The van der Waals surface area contributed by atoms with Crippen LogP contribution in [0.4, 0.5) is 0 Å². The van der Waals surface area contributed by atoms with Crippen molar-refractivity contribution in [2.24, 2.45) is 0 Å². The summed E-state index contributed by atoms with van der Waals surface area (Å²) >= 11 is -3.07. The van der Waals surface area contributed by atoms with Gasteiger partial charge in [-0.2, -0.15) is 0 Å². The molecule has 0 bridgehead atoms. The van der Waals surface area contributed by atoms with Gasteiger partial charge in [0.15, 0.2) is 0 Å². The van der Waals surface area contributed by atoms with Gasteiger partial charge in [-0.1, -0.05) is 0 Å². The minimum atomic E-state index is -3.07. The summed E-state index contributed by atoms with van der Waals surface area (Å²) in [6, 6.07) is 0. The second kappa shape index (κ2) is 7.25. The average Bonchev–Trinajstić information content (AvgIpc) is 2.56. The molecule has 0 N–H and O–H groups in total. The van der Waals surface area contributed by atoms with Crippen molar-refractivity contribution in [3.05, 3.63) is 0 Å². The molecule has 0 aromatic rings. The van der Waals surface area contributed by atoms with Crippen molar-refractivity contribution >= 4 is 18.8 Å². The molecule has 0 heterocycles. The molecule has 0 unspecified atom stereocenters. The van der Waals surface area contributed by atoms with Gasteiger partial charge >= 0.3 is 130 Å². The Kier molecular flexibility index (Phi) is 5.63. The van der Waals surface area contributed by atoms with Crippen molar-refractivity contribution < 1.29 is 3.02 Å². The SMILES string of the molecule is [O]=[Sb]([CH]1CCCCC1)([CH]1CCCCC1)[CH]1CCCCC1. The molecular formula is C18H33OSb. The Hall–Kier alpha value is 0.618. The number of hydrogen-bond donors (Lipinski definition) is 0. The fraction of sp³-hybridized carbons (Fsp3) is 1.00. The van der Waals surface area contributed by atoms with Gasteiger partial charge in [0.25, 0.3) is 0 Å². The van der Waals surface area contributed by atoms with Gasteiger partial charge in [0.05, 0.1) is 0 Å². The Labute approximate surface area is 129 Å². The van der Waals surface area contributed by atoms with Gasteiger partial charge in [-0.15, -0.1) is 0 Å². The van der Waals surface area contributed by atoms with Crippen LogP contribution in [0.1, 0.15) is 96.3 Å². The molecule has 0 spiro atoms. The van der Waals surface area contributed by atoms with E-state index in [9.17, 15) is 3.02 Å². The van der Waals surface area contributed by atoms with Crippen molar-refractivity contribution in [2.75, 3.05) is 0 Å². The van der Waals surface area contributed by atoms with Gasteiger partial charge < -0.3 is 0 Å². The van der Waals surface area contributed by atoms with Gasteiger partial charge in [-0.3, -0.25) is 0 Å². The molecule has 0 aromatic heterocycles. The first-order chi connectivity index (χ1) is 9.82. The van der Waals surface area contributed by atoms with Gasteiger partial charge in [0.1, 0.15) is 0 Å². The van der Waals surface area contributed by atoms with Crippen LogP contribution in [-0.4, -0.2) is 18.8 Å². The molecule has 3 rings (SSSR count). The fourth-order valence-electron chi connectivity index (χ4n) is 5.35. The van der Waals surface area contributed by atoms with E-state index in [2.05, 4.69) is 0 Å². The monoisotopic (exact) mass is 386 g/mol. The quantitative estimate of drug-likeness (QED) is 0.515. The van der Waals surface area contributed by atoms with Crippen molar-refractivity contribution in [1.29, 1.82) is 0 Å². The maximum atomic E-state index is 14.4. The summed E-state index contributed by atoms with van der Waals surface area (Å²) < 4.78 is 16.5. The zero-order valence-electron chi connectivity index (χ0n) is 13.2. The Bertz CT molecular complexity index is 281. The second-order valence-corrected chi connectivity index (χ2v) is 18.2. The molecule has 0 saturated heterocycles. The molecule has 116 valence electrons. The van der Waals surface area contributed by atoms with Crippen LogP contribution in [0, 0.1) is 0 Å². The zero-order chi connectivity index (χ0) is 13.8. The van der Waals surface area contributed by atoms with Gasteiger partial charge in [0, 0.05) is 0 Å². The first-order valence-electron chi connectivity index (χ1n) is 9.41. The van der Waals surface area contributed by atoms with E-state index in [4.69, 9.17) is 0 Å². The molecule has 20 heavy (non-hydrogen) atoms. The van der Waals surface area contributed by atoms with E-state index in [1.807, 2.05) is 0 Å². The first-order valence-corrected chi connectivity index (χ1v) is 14.9. The Morgan fingerprint density at radius 3 is 0.950 bits per heavy atom. The molecule has 2 heteroatoms. The molecular weight excluding hydrogens is 354 g/mol. The molecule has 3 fully saturated rings. The van der Waals surface area contributed by atoms with Crippen molar-refractivity contribution in [2.45, 2.75) is 108 Å². The summed E-state index contributed by atoms with van der Waals surface area (Å²) in [5.41, 5.74) is 0. The normalized spacial score (nSPS) is 28.6. The van der Waals surface area contributed by atoms with E-state index < -0.39 is 18.8 Å². The Balaban J connectivity index is 1.81. The first kappa shape index (κ1) is 15.5. The van der Waals surface area contributed by atoms with Crippen LogP contribution >= 0.6 is 0 Å².